The summed E-state index contributed by atoms with van der Waals surface area (Å²) in [5.41, 5.74) is 9.78. The maximum absolute atomic E-state index is 5.50. The number of unbranched alkanes of at least 4 members (excludes halogenated alkanes) is 2. The third-order valence-electron chi connectivity index (χ3n) is 3.32. The summed E-state index contributed by atoms with van der Waals surface area (Å²) in [7, 11) is 2.20. The van der Waals surface area contributed by atoms with Gasteiger partial charge in [-0.15, -0.1) is 0 Å². The van der Waals surface area contributed by atoms with Crippen LogP contribution in [-0.2, 0) is 6.54 Å². The summed E-state index contributed by atoms with van der Waals surface area (Å²) in [6.07, 6.45) is 3.64. The predicted octanol–water partition coefficient (Wildman–Crippen LogP) is 2.86. The lowest BCUT2D eigenvalue weighted by atomic mass is 10.0. The van der Waals surface area contributed by atoms with Crippen molar-refractivity contribution >= 4 is 0 Å². The minimum Gasteiger partial charge on any atom is -0.330 e. The predicted molar refractivity (Wildman–Crippen MR) is 75.2 cm³/mol. The number of nitrogens with zero attached hydrogens (tertiary/aromatic N) is 1. The van der Waals surface area contributed by atoms with Gasteiger partial charge < -0.3 is 10.6 Å². The number of rotatable bonds is 7. The van der Waals surface area contributed by atoms with E-state index < -0.39 is 0 Å². The average molecular weight is 234 g/mol. The number of aryl methyl sites for hydroxylation is 2. The molecule has 1 aromatic carbocycles. The Morgan fingerprint density at radius 2 is 1.71 bits per heavy atom. The van der Waals surface area contributed by atoms with Crippen LogP contribution in [0, 0.1) is 13.8 Å². The standard InChI is InChI=1S/C15H26N2/c1-13-8-7-9-14(2)15(13)12-17(3)11-6-4-5-10-16/h7-9H,4-6,10-12,16H2,1-3H3. The Kier molecular flexibility index (Phi) is 6.23. The van der Waals surface area contributed by atoms with Crippen molar-refractivity contribution in [3.63, 3.8) is 0 Å². The summed E-state index contributed by atoms with van der Waals surface area (Å²) < 4.78 is 0. The molecule has 0 aliphatic rings. The molecule has 0 aliphatic heterocycles. The fourth-order valence-electron chi connectivity index (χ4n) is 2.15. The van der Waals surface area contributed by atoms with Crippen molar-refractivity contribution in [3.8, 4) is 0 Å². The lowest BCUT2D eigenvalue weighted by Gasteiger charge is -2.19. The molecular weight excluding hydrogens is 208 g/mol. The molecule has 1 rings (SSSR count). The molecule has 2 N–H and O–H groups in total. The molecule has 0 atom stereocenters. The highest BCUT2D eigenvalue weighted by atomic mass is 15.1. The van der Waals surface area contributed by atoms with E-state index in [4.69, 9.17) is 5.73 Å². The highest BCUT2D eigenvalue weighted by molar-refractivity contribution is 5.33. The van der Waals surface area contributed by atoms with Gasteiger partial charge in [0, 0.05) is 6.54 Å². The second-order valence-electron chi connectivity index (χ2n) is 4.96. The molecule has 2 nitrogen and oxygen atoms in total. The van der Waals surface area contributed by atoms with Crippen LogP contribution < -0.4 is 5.73 Å². The summed E-state index contributed by atoms with van der Waals surface area (Å²) in [6, 6.07) is 6.53. The largest absolute Gasteiger partial charge is 0.330 e. The van der Waals surface area contributed by atoms with Crippen molar-refractivity contribution in [2.45, 2.75) is 39.7 Å². The first-order valence-corrected chi connectivity index (χ1v) is 6.59. The maximum Gasteiger partial charge on any atom is 0.0235 e. The first-order chi connectivity index (χ1) is 8.15. The van der Waals surface area contributed by atoms with E-state index in [9.17, 15) is 0 Å². The van der Waals surface area contributed by atoms with Gasteiger partial charge in [0.2, 0.25) is 0 Å². The number of nitrogens with two attached hydrogens (primary N) is 1. The van der Waals surface area contributed by atoms with Gasteiger partial charge >= 0.3 is 0 Å². The summed E-state index contributed by atoms with van der Waals surface area (Å²) >= 11 is 0. The molecule has 0 amide bonds. The van der Waals surface area contributed by atoms with E-state index >= 15 is 0 Å². The average Bonchev–Trinajstić information content (AvgIpc) is 2.30. The van der Waals surface area contributed by atoms with E-state index in [2.05, 4.69) is 44.0 Å². The Bertz CT molecular complexity index is 313. The van der Waals surface area contributed by atoms with Gasteiger partial charge in [0.25, 0.3) is 0 Å². The zero-order valence-electron chi connectivity index (χ0n) is 11.5. The molecule has 0 saturated carbocycles. The zero-order valence-corrected chi connectivity index (χ0v) is 11.5. The Labute approximate surface area is 106 Å². The van der Waals surface area contributed by atoms with Gasteiger partial charge in [0.05, 0.1) is 0 Å². The van der Waals surface area contributed by atoms with Crippen molar-refractivity contribution in [1.82, 2.24) is 4.90 Å². The van der Waals surface area contributed by atoms with Crippen LogP contribution in [0.5, 0.6) is 0 Å². The van der Waals surface area contributed by atoms with E-state index in [1.54, 1.807) is 0 Å². The summed E-state index contributed by atoms with van der Waals surface area (Å²) in [5.74, 6) is 0. The molecule has 0 heterocycles. The molecule has 0 aliphatic carbocycles. The molecule has 1 aromatic rings. The number of hydrogen-bond donors (Lipinski definition) is 1. The van der Waals surface area contributed by atoms with Gasteiger partial charge in [-0.2, -0.15) is 0 Å². The molecular formula is C15H26N2. The third kappa shape index (κ3) is 4.88. The van der Waals surface area contributed by atoms with Crippen LogP contribution in [0.15, 0.2) is 18.2 Å². The van der Waals surface area contributed by atoms with Crippen LogP contribution in [0.4, 0.5) is 0 Å². The fraction of sp³-hybridized carbons (Fsp3) is 0.600. The van der Waals surface area contributed by atoms with Crippen LogP contribution in [0.25, 0.3) is 0 Å². The Balaban J connectivity index is 2.42. The molecule has 0 fully saturated rings. The molecule has 2 heteroatoms. The first kappa shape index (κ1) is 14.2. The second kappa shape index (κ2) is 7.46. The SMILES string of the molecule is Cc1cccc(C)c1CN(C)CCCCCN. The van der Waals surface area contributed by atoms with Gasteiger partial charge in [-0.25, -0.2) is 0 Å². The lowest BCUT2D eigenvalue weighted by molar-refractivity contribution is 0.316. The zero-order chi connectivity index (χ0) is 12.7. The highest BCUT2D eigenvalue weighted by Gasteiger charge is 2.05. The fourth-order valence-corrected chi connectivity index (χ4v) is 2.15. The van der Waals surface area contributed by atoms with Gasteiger partial charge in [-0.1, -0.05) is 24.6 Å². The molecule has 0 bridgehead atoms. The highest BCUT2D eigenvalue weighted by Crippen LogP contribution is 2.15. The molecule has 17 heavy (non-hydrogen) atoms. The van der Waals surface area contributed by atoms with E-state index in [0.29, 0.717) is 0 Å². The van der Waals surface area contributed by atoms with Crippen molar-refractivity contribution < 1.29 is 0 Å². The van der Waals surface area contributed by atoms with Crippen LogP contribution in [0.1, 0.15) is 36.0 Å². The summed E-state index contributed by atoms with van der Waals surface area (Å²) in [4.78, 5) is 2.41. The topological polar surface area (TPSA) is 29.3 Å². The lowest BCUT2D eigenvalue weighted by Crippen LogP contribution is -2.20. The van der Waals surface area contributed by atoms with Gasteiger partial charge in [0.1, 0.15) is 0 Å². The van der Waals surface area contributed by atoms with Gasteiger partial charge in [0.15, 0.2) is 0 Å². The first-order valence-electron chi connectivity index (χ1n) is 6.59. The monoisotopic (exact) mass is 234 g/mol. The Hall–Kier alpha value is -0.860. The summed E-state index contributed by atoms with van der Waals surface area (Å²) in [6.45, 7) is 7.44. The van der Waals surface area contributed by atoms with Crippen molar-refractivity contribution in [2.75, 3.05) is 20.1 Å². The number of hydrogen-bond acceptors (Lipinski definition) is 2. The van der Waals surface area contributed by atoms with Crippen LogP contribution in [0.3, 0.4) is 0 Å². The van der Waals surface area contributed by atoms with E-state index in [1.165, 1.54) is 29.5 Å². The summed E-state index contributed by atoms with van der Waals surface area (Å²) in [5, 5.41) is 0. The van der Waals surface area contributed by atoms with Crippen LogP contribution >= 0.6 is 0 Å². The van der Waals surface area contributed by atoms with Crippen molar-refractivity contribution in [1.29, 1.82) is 0 Å². The Morgan fingerprint density at radius 3 is 2.29 bits per heavy atom. The minimum atomic E-state index is 0.820. The molecule has 0 aromatic heterocycles. The van der Waals surface area contributed by atoms with E-state index in [-0.39, 0.29) is 0 Å². The quantitative estimate of drug-likeness (QED) is 0.735. The molecule has 96 valence electrons. The second-order valence-corrected chi connectivity index (χ2v) is 4.96. The minimum absolute atomic E-state index is 0.820. The van der Waals surface area contributed by atoms with Gasteiger partial charge in [-0.3, -0.25) is 0 Å². The molecule has 0 saturated heterocycles. The van der Waals surface area contributed by atoms with Crippen LogP contribution in [-0.4, -0.2) is 25.0 Å². The van der Waals surface area contributed by atoms with Gasteiger partial charge in [-0.05, 0) is 63.5 Å². The van der Waals surface area contributed by atoms with E-state index in [0.717, 1.165) is 26.1 Å². The maximum atomic E-state index is 5.50. The smallest absolute Gasteiger partial charge is 0.0235 e. The van der Waals surface area contributed by atoms with Crippen molar-refractivity contribution in [2.24, 2.45) is 5.73 Å². The van der Waals surface area contributed by atoms with E-state index in [1.807, 2.05) is 0 Å². The Morgan fingerprint density at radius 1 is 1.06 bits per heavy atom. The van der Waals surface area contributed by atoms with Crippen LogP contribution in [0.2, 0.25) is 0 Å². The molecule has 0 spiro atoms. The number of benzene rings is 1. The normalized spacial score (nSPS) is 11.1. The van der Waals surface area contributed by atoms with Crippen molar-refractivity contribution in [3.05, 3.63) is 34.9 Å². The third-order valence-corrected chi connectivity index (χ3v) is 3.32. The molecule has 0 radical (unpaired) electrons. The molecule has 0 unspecified atom stereocenters.